The molecule has 2 aliphatic rings. The predicted molar refractivity (Wildman–Crippen MR) is 149 cm³/mol. The van der Waals surface area contributed by atoms with Crippen molar-refractivity contribution in [2.45, 2.75) is 57.8 Å². The molecule has 2 aromatic carbocycles. The second-order valence-electron chi connectivity index (χ2n) is 10.7. The zero-order chi connectivity index (χ0) is 30.5. The average molecular weight is 619 g/mol. The largest absolute Gasteiger partial charge is 0.478 e. The van der Waals surface area contributed by atoms with E-state index in [0.29, 0.717) is 59.3 Å². The molecular formula is C30H27ClF4N4O4. The van der Waals surface area contributed by atoms with Crippen LogP contribution in [0.3, 0.4) is 0 Å². The number of benzene rings is 2. The molecule has 0 spiro atoms. The van der Waals surface area contributed by atoms with Gasteiger partial charge in [-0.05, 0) is 49.6 Å². The lowest BCUT2D eigenvalue weighted by molar-refractivity contribution is -0.139. The Hall–Kier alpha value is -3.74. The molecule has 8 nitrogen and oxygen atoms in total. The lowest BCUT2D eigenvalue weighted by Gasteiger charge is -2.35. The number of fused-ring (bicyclic) bond motifs is 2. The van der Waals surface area contributed by atoms with Crippen LogP contribution >= 0.6 is 11.6 Å². The smallest absolute Gasteiger partial charge is 0.421 e. The van der Waals surface area contributed by atoms with Gasteiger partial charge in [0.1, 0.15) is 23.5 Å². The Morgan fingerprint density at radius 1 is 1.21 bits per heavy atom. The number of aromatic nitrogens is 3. The molecule has 1 saturated heterocycles. The summed E-state index contributed by atoms with van der Waals surface area (Å²) in [5, 5.41) is 9.85. The molecule has 0 unspecified atom stereocenters. The average Bonchev–Trinajstić information content (AvgIpc) is 3.28. The van der Waals surface area contributed by atoms with Gasteiger partial charge in [0.05, 0.1) is 42.0 Å². The monoisotopic (exact) mass is 618 g/mol. The Bertz CT molecular complexity index is 1710. The maximum absolute atomic E-state index is 15.0. The maximum Gasteiger partial charge on any atom is 0.421 e. The van der Waals surface area contributed by atoms with Gasteiger partial charge in [0.2, 0.25) is 5.88 Å². The maximum atomic E-state index is 15.0. The van der Waals surface area contributed by atoms with Crippen LogP contribution in [0.1, 0.15) is 58.0 Å². The number of halogens is 5. The minimum atomic E-state index is -4.68. The van der Waals surface area contributed by atoms with Crippen molar-refractivity contribution in [3.8, 4) is 5.88 Å². The summed E-state index contributed by atoms with van der Waals surface area (Å²) in [5.74, 6) is -2.04. The molecule has 2 aliphatic heterocycles. The number of pyridine rings is 1. The Kier molecular flexibility index (Phi) is 7.78. The molecule has 226 valence electrons. The topological polar surface area (TPSA) is 89.7 Å². The van der Waals surface area contributed by atoms with Crippen LogP contribution in [-0.2, 0) is 37.0 Å². The second kappa shape index (κ2) is 11.4. The number of hydrogen-bond acceptors (Lipinski definition) is 6. The van der Waals surface area contributed by atoms with Gasteiger partial charge in [0, 0.05) is 23.7 Å². The van der Waals surface area contributed by atoms with Gasteiger partial charge in [0.15, 0.2) is 5.82 Å². The van der Waals surface area contributed by atoms with Crippen molar-refractivity contribution in [2.75, 3.05) is 13.2 Å². The Morgan fingerprint density at radius 3 is 2.65 bits per heavy atom. The summed E-state index contributed by atoms with van der Waals surface area (Å²) in [4.78, 5) is 22.5. The Morgan fingerprint density at radius 2 is 1.98 bits per heavy atom. The van der Waals surface area contributed by atoms with Crippen molar-refractivity contribution >= 4 is 28.6 Å². The van der Waals surface area contributed by atoms with E-state index in [4.69, 9.17) is 21.1 Å². The molecule has 1 fully saturated rings. The van der Waals surface area contributed by atoms with E-state index in [1.807, 2.05) is 11.8 Å². The number of hydrogen-bond donors (Lipinski definition) is 1. The van der Waals surface area contributed by atoms with E-state index in [-0.39, 0.29) is 30.3 Å². The summed E-state index contributed by atoms with van der Waals surface area (Å²) in [5.41, 5.74) is 0.683. The summed E-state index contributed by atoms with van der Waals surface area (Å²) in [6.45, 7) is 3.24. The zero-order valence-corrected chi connectivity index (χ0v) is 23.8. The summed E-state index contributed by atoms with van der Waals surface area (Å²) >= 11 is 6.18. The minimum absolute atomic E-state index is 0.0487. The molecule has 0 saturated carbocycles. The van der Waals surface area contributed by atoms with Crippen LogP contribution in [0.2, 0.25) is 5.02 Å². The molecule has 4 aromatic rings. The van der Waals surface area contributed by atoms with Crippen LogP contribution in [0.15, 0.2) is 42.5 Å². The van der Waals surface area contributed by atoms with E-state index in [1.165, 1.54) is 6.07 Å². The first-order valence-corrected chi connectivity index (χ1v) is 14.1. The van der Waals surface area contributed by atoms with Crippen molar-refractivity contribution in [1.82, 2.24) is 19.4 Å². The summed E-state index contributed by atoms with van der Waals surface area (Å²) in [6, 6.07) is 9.74. The molecule has 2 atom stereocenters. The normalized spacial score (nSPS) is 18.8. The quantitative estimate of drug-likeness (QED) is 0.228. The van der Waals surface area contributed by atoms with Gasteiger partial charge >= 0.3 is 12.1 Å². The second-order valence-corrected chi connectivity index (χ2v) is 11.1. The fraction of sp³-hybridized carbons (Fsp3) is 0.367. The number of imidazole rings is 1. The van der Waals surface area contributed by atoms with Crippen LogP contribution in [0.4, 0.5) is 17.6 Å². The fourth-order valence-electron chi connectivity index (χ4n) is 5.53. The van der Waals surface area contributed by atoms with Gasteiger partial charge in [-0.1, -0.05) is 29.8 Å². The van der Waals surface area contributed by atoms with E-state index < -0.39 is 35.4 Å². The molecule has 4 heterocycles. The molecule has 0 aliphatic carbocycles. The van der Waals surface area contributed by atoms with Gasteiger partial charge in [0.25, 0.3) is 0 Å². The third-order valence-electron chi connectivity index (χ3n) is 8.00. The molecular weight excluding hydrogens is 592 g/mol. The molecule has 13 heteroatoms. The highest BCUT2D eigenvalue weighted by Gasteiger charge is 2.38. The van der Waals surface area contributed by atoms with Crippen LogP contribution in [0.25, 0.3) is 11.0 Å². The molecule has 0 bridgehead atoms. The van der Waals surface area contributed by atoms with E-state index in [9.17, 15) is 27.5 Å². The summed E-state index contributed by atoms with van der Waals surface area (Å²) < 4.78 is 70.1. The predicted octanol–water partition coefficient (Wildman–Crippen LogP) is 6.43. The van der Waals surface area contributed by atoms with Gasteiger partial charge in [-0.15, -0.1) is 0 Å². The highest BCUT2D eigenvalue weighted by Crippen LogP contribution is 2.40. The standard InChI is InChI=1S/C30H27ClF4N4O4/c1-16-26-17(10-21(30(33,34)35)28(37-26)43-15-18-4-2-3-5-22(18)31)6-8-38(16)14-25-36-27-23(32)11-19(29(40)41)12-24(27)39(25)13-20-7-9-42-20/h2-5,10-12,16,20H,6-9,13-15H2,1H3,(H,40,41)/t16-,20-/m0/s1. The Labute approximate surface area is 248 Å². The third-order valence-corrected chi connectivity index (χ3v) is 8.37. The molecule has 6 rings (SSSR count). The highest BCUT2D eigenvalue weighted by atomic mass is 35.5. The van der Waals surface area contributed by atoms with E-state index in [0.717, 1.165) is 18.6 Å². The van der Waals surface area contributed by atoms with E-state index in [2.05, 4.69) is 9.97 Å². The molecule has 0 amide bonds. The summed E-state index contributed by atoms with van der Waals surface area (Å²) in [7, 11) is 0. The zero-order valence-electron chi connectivity index (χ0n) is 23.0. The molecule has 43 heavy (non-hydrogen) atoms. The van der Waals surface area contributed by atoms with Crippen LogP contribution in [0, 0.1) is 5.82 Å². The van der Waals surface area contributed by atoms with E-state index >= 15 is 0 Å². The lowest BCUT2D eigenvalue weighted by Crippen LogP contribution is -2.36. The van der Waals surface area contributed by atoms with Crippen molar-refractivity contribution in [3.05, 3.63) is 87.1 Å². The first-order valence-electron chi connectivity index (χ1n) is 13.7. The molecule has 2 aromatic heterocycles. The van der Waals surface area contributed by atoms with Gasteiger partial charge < -0.3 is 19.1 Å². The fourth-order valence-corrected chi connectivity index (χ4v) is 5.72. The van der Waals surface area contributed by atoms with Crippen molar-refractivity contribution in [3.63, 3.8) is 0 Å². The highest BCUT2D eigenvalue weighted by molar-refractivity contribution is 6.31. The summed E-state index contributed by atoms with van der Waals surface area (Å²) in [6.07, 6.45) is -3.70. The molecule has 0 radical (unpaired) electrons. The van der Waals surface area contributed by atoms with Crippen LogP contribution in [0.5, 0.6) is 5.88 Å². The van der Waals surface area contributed by atoms with Crippen molar-refractivity contribution in [2.24, 2.45) is 0 Å². The van der Waals surface area contributed by atoms with Gasteiger partial charge in [-0.2, -0.15) is 13.2 Å². The van der Waals surface area contributed by atoms with Gasteiger partial charge in [-0.25, -0.2) is 19.2 Å². The van der Waals surface area contributed by atoms with Crippen LogP contribution in [-0.4, -0.2) is 49.8 Å². The first-order chi connectivity index (χ1) is 20.5. The van der Waals surface area contributed by atoms with Crippen molar-refractivity contribution < 1.29 is 36.9 Å². The lowest BCUT2D eigenvalue weighted by atomic mass is 9.97. The van der Waals surface area contributed by atoms with Gasteiger partial charge in [-0.3, -0.25) is 4.90 Å². The molecule has 1 N–H and O–H groups in total. The third kappa shape index (κ3) is 5.78. The number of alkyl halides is 3. The number of rotatable bonds is 8. The number of carbonyl (C=O) groups is 1. The van der Waals surface area contributed by atoms with Crippen LogP contribution < -0.4 is 4.74 Å². The number of ether oxygens (including phenoxy) is 2. The Balaban J connectivity index is 1.33. The van der Waals surface area contributed by atoms with Crippen molar-refractivity contribution in [1.29, 1.82) is 0 Å². The number of nitrogens with zero attached hydrogens (tertiary/aromatic N) is 4. The SMILES string of the molecule is C[C@H]1c2nc(OCc3ccccc3Cl)c(C(F)(F)F)cc2CCN1Cc1nc2c(F)cc(C(=O)O)cc2n1C[C@@H]1CCO1. The minimum Gasteiger partial charge on any atom is -0.478 e. The first kappa shape index (κ1) is 29.3. The van der Waals surface area contributed by atoms with E-state index in [1.54, 1.807) is 28.8 Å². The number of aromatic carboxylic acids is 1. The number of carboxylic acids is 1. The number of carboxylic acid groups (broad SMARTS) is 1.